The lowest BCUT2D eigenvalue weighted by Crippen LogP contribution is -2.17. The summed E-state index contributed by atoms with van der Waals surface area (Å²) < 4.78 is 0. The molecule has 4 nitrogen and oxygen atoms in total. The van der Waals surface area contributed by atoms with Crippen molar-refractivity contribution in [1.82, 2.24) is 4.98 Å². The predicted octanol–water partition coefficient (Wildman–Crippen LogP) is 3.34. The van der Waals surface area contributed by atoms with E-state index in [4.69, 9.17) is 0 Å². The number of carboxylic acids is 1. The van der Waals surface area contributed by atoms with Crippen molar-refractivity contribution in [2.45, 2.75) is 45.5 Å². The smallest absolute Gasteiger partial charge is 0.338 e. The molecule has 20 heavy (non-hydrogen) atoms. The minimum atomic E-state index is -1.27. The molecule has 108 valence electrons. The SMILES string of the molecule is CC(C)c1c(C#CC[Si](C)(C)C)[nH]c(C=O)c1C(=O)O. The third kappa shape index (κ3) is 3.84. The number of carbonyl (C=O) groups is 2. The first-order valence-electron chi connectivity index (χ1n) is 6.60. The molecule has 0 fully saturated rings. The van der Waals surface area contributed by atoms with E-state index in [0.717, 1.165) is 6.04 Å². The second kappa shape index (κ2) is 6.10. The Morgan fingerprint density at radius 1 is 1.40 bits per heavy atom. The fraction of sp³-hybridized carbons (Fsp3) is 0.467. The normalized spacial score (nSPS) is 11.1. The Balaban J connectivity index is 3.33. The number of nitrogens with one attached hydrogen (secondary N) is 1. The van der Waals surface area contributed by atoms with Crippen molar-refractivity contribution < 1.29 is 14.7 Å². The Hall–Kier alpha value is -1.80. The maximum absolute atomic E-state index is 11.3. The average molecular weight is 291 g/mol. The van der Waals surface area contributed by atoms with Crippen LogP contribution in [0.4, 0.5) is 0 Å². The second-order valence-corrected chi connectivity index (χ2v) is 11.8. The lowest BCUT2D eigenvalue weighted by molar-refractivity contribution is 0.0692. The highest BCUT2D eigenvalue weighted by molar-refractivity contribution is 6.76. The summed E-state index contributed by atoms with van der Waals surface area (Å²) in [4.78, 5) is 25.2. The number of H-pyrrole nitrogens is 1. The van der Waals surface area contributed by atoms with Gasteiger partial charge in [-0.2, -0.15) is 0 Å². The van der Waals surface area contributed by atoms with Crippen LogP contribution in [0.3, 0.4) is 0 Å². The molecule has 0 aliphatic carbocycles. The number of aromatic nitrogens is 1. The molecule has 5 heteroatoms. The Kier molecular flexibility index (Phi) is 4.96. The van der Waals surface area contributed by atoms with Crippen LogP contribution in [-0.2, 0) is 0 Å². The van der Waals surface area contributed by atoms with Crippen molar-refractivity contribution >= 4 is 20.3 Å². The van der Waals surface area contributed by atoms with E-state index in [1.807, 2.05) is 13.8 Å². The first-order chi connectivity index (χ1) is 9.17. The molecule has 2 N–H and O–H groups in total. The van der Waals surface area contributed by atoms with E-state index in [1.54, 1.807) is 0 Å². The molecule has 1 aromatic heterocycles. The van der Waals surface area contributed by atoms with Crippen LogP contribution < -0.4 is 0 Å². The number of aromatic amines is 1. The van der Waals surface area contributed by atoms with Crippen molar-refractivity contribution in [3.63, 3.8) is 0 Å². The molecule has 0 aliphatic rings. The molecule has 0 amide bonds. The Labute approximate surface area is 120 Å². The van der Waals surface area contributed by atoms with Crippen LogP contribution in [0.15, 0.2) is 0 Å². The molecule has 1 heterocycles. The van der Waals surface area contributed by atoms with E-state index in [1.165, 1.54) is 0 Å². The topological polar surface area (TPSA) is 70.2 Å². The molecule has 1 aromatic rings. The largest absolute Gasteiger partial charge is 0.478 e. The van der Waals surface area contributed by atoms with Crippen LogP contribution in [0.25, 0.3) is 0 Å². The van der Waals surface area contributed by atoms with E-state index < -0.39 is 14.0 Å². The van der Waals surface area contributed by atoms with Crippen molar-refractivity contribution in [3.8, 4) is 11.8 Å². The van der Waals surface area contributed by atoms with E-state index in [0.29, 0.717) is 17.5 Å². The molecule has 0 saturated carbocycles. The standard InChI is InChI=1S/C15H21NO3Si/c1-10(2)13-11(7-6-8-20(3,4)5)16-12(9-17)14(13)15(18)19/h9-10,16H,8H2,1-5H3,(H,18,19). The summed E-state index contributed by atoms with van der Waals surface area (Å²) >= 11 is 0. The second-order valence-electron chi connectivity index (χ2n) is 6.32. The van der Waals surface area contributed by atoms with Crippen molar-refractivity contribution in [1.29, 1.82) is 0 Å². The number of carboxylic acid groups (broad SMARTS) is 1. The van der Waals surface area contributed by atoms with Crippen LogP contribution in [0.2, 0.25) is 25.7 Å². The highest BCUT2D eigenvalue weighted by Crippen LogP contribution is 2.26. The van der Waals surface area contributed by atoms with Gasteiger partial charge in [-0.3, -0.25) is 4.79 Å². The summed E-state index contributed by atoms with van der Waals surface area (Å²) in [6.45, 7) is 10.5. The molecule has 0 aliphatic heterocycles. The van der Waals surface area contributed by atoms with Gasteiger partial charge in [-0.15, -0.1) is 0 Å². The summed E-state index contributed by atoms with van der Waals surface area (Å²) in [6.07, 6.45) is 0.541. The van der Waals surface area contributed by atoms with Gasteiger partial charge in [0, 0.05) is 11.6 Å². The van der Waals surface area contributed by atoms with Crippen LogP contribution in [0.1, 0.15) is 51.9 Å². The summed E-state index contributed by atoms with van der Waals surface area (Å²) in [5.41, 5.74) is 1.31. The molecule has 0 aromatic carbocycles. The Morgan fingerprint density at radius 3 is 2.40 bits per heavy atom. The van der Waals surface area contributed by atoms with Gasteiger partial charge in [0.05, 0.1) is 25.0 Å². The average Bonchev–Trinajstić information content (AvgIpc) is 2.66. The number of aromatic carboxylic acids is 1. The van der Waals surface area contributed by atoms with Crippen molar-refractivity contribution in [3.05, 3.63) is 22.5 Å². The van der Waals surface area contributed by atoms with E-state index >= 15 is 0 Å². The number of hydrogen-bond donors (Lipinski definition) is 2. The molecular weight excluding hydrogens is 270 g/mol. The molecular formula is C15H21NO3Si. The molecule has 0 spiro atoms. The third-order valence-electron chi connectivity index (χ3n) is 2.81. The van der Waals surface area contributed by atoms with Gasteiger partial charge in [0.15, 0.2) is 6.29 Å². The minimum Gasteiger partial charge on any atom is -0.478 e. The molecule has 0 unspecified atom stereocenters. The zero-order chi connectivity index (χ0) is 15.5. The molecule has 0 radical (unpaired) electrons. The molecule has 0 bridgehead atoms. The van der Waals surface area contributed by atoms with Gasteiger partial charge >= 0.3 is 5.97 Å². The van der Waals surface area contributed by atoms with Crippen LogP contribution >= 0.6 is 0 Å². The number of aldehydes is 1. The van der Waals surface area contributed by atoms with Crippen molar-refractivity contribution in [2.24, 2.45) is 0 Å². The van der Waals surface area contributed by atoms with Gasteiger partial charge in [-0.25, -0.2) is 4.79 Å². The zero-order valence-corrected chi connectivity index (χ0v) is 13.6. The highest BCUT2D eigenvalue weighted by atomic mass is 28.3. The summed E-state index contributed by atoms with van der Waals surface area (Å²) in [6, 6.07) is 0.836. The summed E-state index contributed by atoms with van der Waals surface area (Å²) in [5, 5.41) is 9.27. The van der Waals surface area contributed by atoms with Gasteiger partial charge in [0.25, 0.3) is 0 Å². The number of carbonyl (C=O) groups excluding carboxylic acids is 1. The first-order valence-corrected chi connectivity index (χ1v) is 10.3. The fourth-order valence-electron chi connectivity index (χ4n) is 1.93. The van der Waals surface area contributed by atoms with E-state index in [9.17, 15) is 14.7 Å². The van der Waals surface area contributed by atoms with E-state index in [2.05, 4.69) is 36.5 Å². The molecule has 0 atom stereocenters. The first kappa shape index (κ1) is 16.3. The van der Waals surface area contributed by atoms with Gasteiger partial charge < -0.3 is 10.1 Å². The van der Waals surface area contributed by atoms with Gasteiger partial charge in [-0.1, -0.05) is 39.4 Å². The quantitative estimate of drug-likeness (QED) is 0.508. The third-order valence-corrected chi connectivity index (χ3v) is 4.05. The highest BCUT2D eigenvalue weighted by Gasteiger charge is 2.23. The van der Waals surface area contributed by atoms with Crippen LogP contribution in [0, 0.1) is 11.8 Å². The maximum atomic E-state index is 11.3. The fourth-order valence-corrected chi connectivity index (χ4v) is 2.55. The maximum Gasteiger partial charge on any atom is 0.338 e. The Morgan fingerprint density at radius 2 is 2.00 bits per heavy atom. The lowest BCUT2D eigenvalue weighted by atomic mass is 9.97. The Bertz CT molecular complexity index is 583. The zero-order valence-electron chi connectivity index (χ0n) is 12.6. The van der Waals surface area contributed by atoms with Gasteiger partial charge in [-0.05, 0) is 11.8 Å². The monoisotopic (exact) mass is 291 g/mol. The lowest BCUT2D eigenvalue weighted by Gasteiger charge is -2.09. The summed E-state index contributed by atoms with van der Waals surface area (Å²) in [5.74, 6) is 5.02. The van der Waals surface area contributed by atoms with Crippen LogP contribution in [0.5, 0.6) is 0 Å². The van der Waals surface area contributed by atoms with Gasteiger partial charge in [0.1, 0.15) is 0 Å². The van der Waals surface area contributed by atoms with E-state index in [-0.39, 0.29) is 17.2 Å². The van der Waals surface area contributed by atoms with Crippen molar-refractivity contribution in [2.75, 3.05) is 0 Å². The molecule has 0 saturated heterocycles. The molecule has 1 rings (SSSR count). The number of rotatable bonds is 4. The van der Waals surface area contributed by atoms with Gasteiger partial charge in [0.2, 0.25) is 0 Å². The minimum absolute atomic E-state index is 0.0118. The number of hydrogen-bond acceptors (Lipinski definition) is 2. The predicted molar refractivity (Wildman–Crippen MR) is 82.3 cm³/mol. The van der Waals surface area contributed by atoms with Crippen LogP contribution in [-0.4, -0.2) is 30.4 Å². The summed E-state index contributed by atoms with van der Waals surface area (Å²) in [7, 11) is -1.27.